The number of aromatic carboxylic acids is 1. The molecule has 0 bridgehead atoms. The molecule has 0 unspecified atom stereocenters. The Kier molecular flexibility index (Phi) is 3.42. The molecule has 6 heteroatoms. The molecule has 0 atom stereocenters. The first kappa shape index (κ1) is 13.3. The number of nitro benzene ring substituents is 1. The first-order valence-electron chi connectivity index (χ1n) is 6.13. The smallest absolute Gasteiger partial charge is 0.336 e. The summed E-state index contributed by atoms with van der Waals surface area (Å²) < 4.78 is 0. The van der Waals surface area contributed by atoms with Crippen LogP contribution in [0.3, 0.4) is 0 Å². The van der Waals surface area contributed by atoms with Crippen LogP contribution in [0.25, 0.3) is 0 Å². The van der Waals surface area contributed by atoms with Crippen LogP contribution in [-0.2, 0) is 0 Å². The molecule has 1 saturated carbocycles. The normalized spacial score (nSPS) is 14.2. The van der Waals surface area contributed by atoms with Crippen LogP contribution < -0.4 is 4.90 Å². The predicted molar refractivity (Wildman–Crippen MR) is 70.8 cm³/mol. The summed E-state index contributed by atoms with van der Waals surface area (Å²) in [6.07, 6.45) is 2.34. The zero-order valence-electron chi connectivity index (χ0n) is 10.9. The Labute approximate surface area is 110 Å². The Bertz CT molecular complexity index is 538. The van der Waals surface area contributed by atoms with Gasteiger partial charge in [0.25, 0.3) is 5.69 Å². The quantitative estimate of drug-likeness (QED) is 0.652. The fourth-order valence-electron chi connectivity index (χ4n) is 2.18. The molecule has 1 aliphatic carbocycles. The van der Waals surface area contributed by atoms with Gasteiger partial charge in [0.05, 0.1) is 16.1 Å². The number of hydrogen-bond acceptors (Lipinski definition) is 4. The summed E-state index contributed by atoms with van der Waals surface area (Å²) in [7, 11) is 1.84. The molecular formula is C13H16N2O4. The minimum Gasteiger partial charge on any atom is -0.478 e. The summed E-state index contributed by atoms with van der Waals surface area (Å²) in [6, 6.07) is 2.62. The number of carbonyl (C=O) groups is 1. The molecule has 0 heterocycles. The summed E-state index contributed by atoms with van der Waals surface area (Å²) >= 11 is 0. The Morgan fingerprint density at radius 1 is 1.53 bits per heavy atom. The molecular weight excluding hydrogens is 248 g/mol. The van der Waals surface area contributed by atoms with Gasteiger partial charge in [0.15, 0.2) is 0 Å². The van der Waals surface area contributed by atoms with Crippen LogP contribution in [0.5, 0.6) is 0 Å². The lowest BCUT2D eigenvalue weighted by atomic mass is 10.1. The van der Waals surface area contributed by atoms with Gasteiger partial charge in [-0.2, -0.15) is 0 Å². The van der Waals surface area contributed by atoms with Gasteiger partial charge in [-0.15, -0.1) is 0 Å². The third-order valence-corrected chi connectivity index (χ3v) is 3.44. The van der Waals surface area contributed by atoms with E-state index in [0.29, 0.717) is 17.2 Å². The average Bonchev–Trinajstić information content (AvgIpc) is 3.12. The molecule has 1 aromatic carbocycles. The summed E-state index contributed by atoms with van der Waals surface area (Å²) in [5.41, 5.74) is 0.948. The van der Waals surface area contributed by atoms with Gasteiger partial charge in [0.1, 0.15) is 0 Å². The second kappa shape index (κ2) is 4.87. The van der Waals surface area contributed by atoms with Crippen molar-refractivity contribution in [3.05, 3.63) is 33.4 Å². The highest BCUT2D eigenvalue weighted by Gasteiger charge is 2.26. The van der Waals surface area contributed by atoms with Crippen molar-refractivity contribution >= 4 is 17.3 Å². The van der Waals surface area contributed by atoms with Crippen LogP contribution in [0, 0.1) is 23.0 Å². The molecule has 0 spiro atoms. The van der Waals surface area contributed by atoms with Crippen molar-refractivity contribution in [3.63, 3.8) is 0 Å². The van der Waals surface area contributed by atoms with Gasteiger partial charge in [-0.05, 0) is 31.7 Å². The van der Waals surface area contributed by atoms with Gasteiger partial charge in [0.2, 0.25) is 0 Å². The largest absolute Gasteiger partial charge is 0.478 e. The zero-order valence-corrected chi connectivity index (χ0v) is 10.9. The van der Waals surface area contributed by atoms with E-state index in [1.807, 2.05) is 11.9 Å². The van der Waals surface area contributed by atoms with E-state index in [9.17, 15) is 14.9 Å². The Morgan fingerprint density at radius 3 is 2.63 bits per heavy atom. The zero-order chi connectivity index (χ0) is 14.2. The van der Waals surface area contributed by atoms with E-state index >= 15 is 0 Å². The molecule has 1 N–H and O–H groups in total. The number of carboxylic acid groups (broad SMARTS) is 1. The Balaban J connectivity index is 2.44. The molecule has 1 fully saturated rings. The standard InChI is InChI=1S/C13H16N2O4/c1-8-11(14(2)7-9-3-4-9)5-10(13(16)17)6-12(8)15(18)19/h5-6,9H,3-4,7H2,1-2H3,(H,16,17). The second-order valence-electron chi connectivity index (χ2n) is 5.03. The van der Waals surface area contributed by atoms with Crippen LogP contribution in [0.15, 0.2) is 12.1 Å². The third-order valence-electron chi connectivity index (χ3n) is 3.44. The fraction of sp³-hybridized carbons (Fsp3) is 0.462. The molecule has 0 aromatic heterocycles. The number of anilines is 1. The van der Waals surface area contributed by atoms with Gasteiger partial charge in [-0.25, -0.2) is 4.79 Å². The van der Waals surface area contributed by atoms with Gasteiger partial charge >= 0.3 is 5.97 Å². The SMILES string of the molecule is Cc1c(N(C)CC2CC2)cc(C(=O)O)cc1[N+](=O)[O-]. The van der Waals surface area contributed by atoms with Gasteiger partial charge in [-0.3, -0.25) is 10.1 Å². The average molecular weight is 264 g/mol. The van der Waals surface area contributed by atoms with E-state index in [1.54, 1.807) is 6.92 Å². The van der Waals surface area contributed by atoms with Crippen molar-refractivity contribution in [2.75, 3.05) is 18.5 Å². The minimum absolute atomic E-state index is 0.0463. The third kappa shape index (κ3) is 2.83. The minimum atomic E-state index is -1.15. The van der Waals surface area contributed by atoms with Gasteiger partial charge < -0.3 is 10.0 Å². The summed E-state index contributed by atoms with van der Waals surface area (Å²) in [4.78, 5) is 23.4. The molecule has 6 nitrogen and oxygen atoms in total. The number of benzene rings is 1. The van der Waals surface area contributed by atoms with Crippen molar-refractivity contribution < 1.29 is 14.8 Å². The van der Waals surface area contributed by atoms with E-state index < -0.39 is 10.9 Å². The number of carboxylic acids is 1. The highest BCUT2D eigenvalue weighted by atomic mass is 16.6. The maximum absolute atomic E-state index is 11.1. The van der Waals surface area contributed by atoms with Crippen molar-refractivity contribution in [2.45, 2.75) is 19.8 Å². The van der Waals surface area contributed by atoms with E-state index in [4.69, 9.17) is 5.11 Å². The van der Waals surface area contributed by atoms with Crippen LogP contribution >= 0.6 is 0 Å². The molecule has 1 aliphatic rings. The number of nitro groups is 1. The van der Waals surface area contributed by atoms with Gasteiger partial charge in [0, 0.05) is 25.3 Å². The lowest BCUT2D eigenvalue weighted by Gasteiger charge is -2.21. The van der Waals surface area contributed by atoms with Crippen LogP contribution in [0.1, 0.15) is 28.8 Å². The molecule has 19 heavy (non-hydrogen) atoms. The van der Waals surface area contributed by atoms with E-state index in [1.165, 1.54) is 18.9 Å². The summed E-state index contributed by atoms with van der Waals surface area (Å²) in [5.74, 6) is -0.527. The maximum Gasteiger partial charge on any atom is 0.336 e. The molecule has 0 saturated heterocycles. The van der Waals surface area contributed by atoms with E-state index in [0.717, 1.165) is 12.6 Å². The molecule has 2 rings (SSSR count). The second-order valence-corrected chi connectivity index (χ2v) is 5.03. The molecule has 1 aromatic rings. The van der Waals surface area contributed by atoms with Crippen molar-refractivity contribution in [1.82, 2.24) is 0 Å². The molecule has 0 amide bonds. The first-order chi connectivity index (χ1) is 8.90. The highest BCUT2D eigenvalue weighted by Crippen LogP contribution is 2.34. The van der Waals surface area contributed by atoms with E-state index in [2.05, 4.69) is 0 Å². The summed E-state index contributed by atoms with van der Waals surface area (Å²) in [6.45, 7) is 2.46. The number of nitrogens with zero attached hydrogens (tertiary/aromatic N) is 2. The lowest BCUT2D eigenvalue weighted by Crippen LogP contribution is -2.21. The highest BCUT2D eigenvalue weighted by molar-refractivity contribution is 5.90. The summed E-state index contributed by atoms with van der Waals surface area (Å²) in [5, 5.41) is 20.0. The van der Waals surface area contributed by atoms with Crippen molar-refractivity contribution in [2.24, 2.45) is 5.92 Å². The van der Waals surface area contributed by atoms with E-state index in [-0.39, 0.29) is 11.3 Å². The van der Waals surface area contributed by atoms with Crippen molar-refractivity contribution in [1.29, 1.82) is 0 Å². The predicted octanol–water partition coefficient (Wildman–Crippen LogP) is 2.45. The Morgan fingerprint density at radius 2 is 2.16 bits per heavy atom. The maximum atomic E-state index is 11.1. The number of hydrogen-bond donors (Lipinski definition) is 1. The fourth-order valence-corrected chi connectivity index (χ4v) is 2.18. The van der Waals surface area contributed by atoms with Crippen LogP contribution in [-0.4, -0.2) is 29.6 Å². The van der Waals surface area contributed by atoms with Crippen molar-refractivity contribution in [3.8, 4) is 0 Å². The topological polar surface area (TPSA) is 83.7 Å². The first-order valence-corrected chi connectivity index (χ1v) is 6.13. The number of rotatable bonds is 5. The Hall–Kier alpha value is -2.11. The van der Waals surface area contributed by atoms with Crippen LogP contribution in [0.2, 0.25) is 0 Å². The molecule has 102 valence electrons. The molecule has 0 radical (unpaired) electrons. The molecule has 0 aliphatic heterocycles. The lowest BCUT2D eigenvalue weighted by molar-refractivity contribution is -0.385. The van der Waals surface area contributed by atoms with Gasteiger partial charge in [-0.1, -0.05) is 0 Å². The van der Waals surface area contributed by atoms with Crippen LogP contribution in [0.4, 0.5) is 11.4 Å². The monoisotopic (exact) mass is 264 g/mol.